The summed E-state index contributed by atoms with van der Waals surface area (Å²) in [5.41, 5.74) is 5.61. The normalized spacial score (nSPS) is 15.7. The maximum Gasteiger partial charge on any atom is 0.153 e. The first-order valence-corrected chi connectivity index (χ1v) is 9.95. The number of benzene rings is 1. The fraction of sp³-hybridized carbons (Fsp3) is 0.435. The lowest BCUT2D eigenvalue weighted by molar-refractivity contribution is 0.503. The second-order valence-corrected chi connectivity index (χ2v) is 7.56. The Morgan fingerprint density at radius 2 is 1.77 bits per heavy atom. The summed E-state index contributed by atoms with van der Waals surface area (Å²) in [6, 6.07) is 13.2. The molecule has 136 valence electrons. The van der Waals surface area contributed by atoms with Crippen LogP contribution in [0.1, 0.15) is 48.9 Å². The number of fused-ring (bicyclic) bond motifs is 1. The van der Waals surface area contributed by atoms with E-state index in [0.717, 1.165) is 26.1 Å². The van der Waals surface area contributed by atoms with Gasteiger partial charge in [-0.1, -0.05) is 37.3 Å². The molecular weight excluding hydrogens is 318 g/mol. The van der Waals surface area contributed by atoms with Gasteiger partial charge < -0.3 is 9.47 Å². The fourth-order valence-corrected chi connectivity index (χ4v) is 4.46. The van der Waals surface area contributed by atoms with E-state index in [-0.39, 0.29) is 0 Å². The fourth-order valence-electron chi connectivity index (χ4n) is 4.46. The summed E-state index contributed by atoms with van der Waals surface area (Å²) in [4.78, 5) is 7.34. The van der Waals surface area contributed by atoms with Crippen molar-refractivity contribution in [3.05, 3.63) is 59.4 Å². The Morgan fingerprint density at radius 3 is 2.46 bits per heavy atom. The molecule has 3 heteroatoms. The summed E-state index contributed by atoms with van der Waals surface area (Å²) in [7, 11) is 0. The minimum Gasteiger partial charge on any atom is -0.355 e. The zero-order valence-electron chi connectivity index (χ0n) is 16.2. The minimum absolute atomic E-state index is 0.678. The van der Waals surface area contributed by atoms with Crippen molar-refractivity contribution in [3.8, 4) is 0 Å². The van der Waals surface area contributed by atoms with Crippen LogP contribution in [-0.2, 0) is 6.54 Å². The molecule has 3 nitrogen and oxygen atoms in total. The van der Waals surface area contributed by atoms with E-state index in [1.165, 1.54) is 46.4 Å². The van der Waals surface area contributed by atoms with Crippen molar-refractivity contribution in [1.29, 1.82) is 0 Å². The van der Waals surface area contributed by atoms with Crippen molar-refractivity contribution in [2.75, 3.05) is 18.0 Å². The highest BCUT2D eigenvalue weighted by molar-refractivity contribution is 5.93. The molecule has 0 atom stereocenters. The van der Waals surface area contributed by atoms with Gasteiger partial charge in [-0.2, -0.15) is 0 Å². The van der Waals surface area contributed by atoms with E-state index < -0.39 is 0 Å². The molecule has 0 bridgehead atoms. The van der Waals surface area contributed by atoms with Gasteiger partial charge in [0.25, 0.3) is 0 Å². The first-order chi connectivity index (χ1) is 12.7. The molecule has 0 radical (unpaired) electrons. The molecule has 1 fully saturated rings. The average Bonchev–Trinajstić information content (AvgIpc) is 2.94. The number of hydrogen-bond acceptors (Lipinski definition) is 2. The zero-order valence-corrected chi connectivity index (χ0v) is 16.2. The summed E-state index contributed by atoms with van der Waals surface area (Å²) in [6.45, 7) is 9.98. The third-order valence-electron chi connectivity index (χ3n) is 6.04. The van der Waals surface area contributed by atoms with E-state index >= 15 is 0 Å². The Labute approximate surface area is 156 Å². The Morgan fingerprint density at radius 1 is 1.04 bits per heavy atom. The lowest BCUT2D eigenvalue weighted by atomic mass is 9.89. The first-order valence-electron chi connectivity index (χ1n) is 9.95. The number of rotatable bonds is 4. The number of hydrogen-bond donors (Lipinski definition) is 0. The third kappa shape index (κ3) is 2.90. The Kier molecular flexibility index (Phi) is 4.71. The standard InChI is InChI=1S/C23H29N3/c1-4-14-26-18(3)17(2)21-10-13-24-23(22(21)26)25-15-11-20(12-16-25)19-8-6-5-7-9-19/h5-10,13,20H,4,11-12,14-16H2,1-3H3. The second-order valence-electron chi connectivity index (χ2n) is 7.56. The molecule has 1 aliphatic heterocycles. The molecule has 26 heavy (non-hydrogen) atoms. The van der Waals surface area contributed by atoms with E-state index in [1.807, 2.05) is 6.20 Å². The summed E-state index contributed by atoms with van der Waals surface area (Å²) >= 11 is 0. The molecule has 0 spiro atoms. The van der Waals surface area contributed by atoms with Crippen molar-refractivity contribution in [2.45, 2.75) is 52.5 Å². The second kappa shape index (κ2) is 7.14. The van der Waals surface area contributed by atoms with E-state index in [0.29, 0.717) is 5.92 Å². The van der Waals surface area contributed by atoms with Crippen LogP contribution in [0.5, 0.6) is 0 Å². The number of nitrogens with zero attached hydrogens (tertiary/aromatic N) is 3. The van der Waals surface area contributed by atoms with Gasteiger partial charge in [0.05, 0.1) is 5.52 Å². The van der Waals surface area contributed by atoms with Crippen molar-refractivity contribution < 1.29 is 0 Å². The quantitative estimate of drug-likeness (QED) is 0.626. The SMILES string of the molecule is CCCn1c(C)c(C)c2ccnc(N3CCC(c4ccccc4)CC3)c21. The van der Waals surface area contributed by atoms with Gasteiger partial charge in [-0.05, 0) is 56.2 Å². The molecule has 1 aliphatic rings. The first kappa shape index (κ1) is 17.1. The summed E-state index contributed by atoms with van der Waals surface area (Å²) < 4.78 is 2.48. The molecular formula is C23H29N3. The molecule has 3 aromatic rings. The van der Waals surface area contributed by atoms with Crippen molar-refractivity contribution in [2.24, 2.45) is 0 Å². The zero-order chi connectivity index (χ0) is 18.1. The molecule has 0 unspecified atom stereocenters. The maximum absolute atomic E-state index is 4.83. The van der Waals surface area contributed by atoms with Crippen LogP contribution in [0.25, 0.3) is 10.9 Å². The summed E-state index contributed by atoms with van der Waals surface area (Å²) in [5, 5.41) is 1.37. The van der Waals surface area contributed by atoms with E-state index in [1.54, 1.807) is 0 Å². The Hall–Kier alpha value is -2.29. The predicted molar refractivity (Wildman–Crippen MR) is 110 cm³/mol. The lowest BCUT2D eigenvalue weighted by Crippen LogP contribution is -2.33. The van der Waals surface area contributed by atoms with E-state index in [9.17, 15) is 0 Å². The van der Waals surface area contributed by atoms with Crippen LogP contribution in [0.2, 0.25) is 0 Å². The minimum atomic E-state index is 0.678. The smallest absolute Gasteiger partial charge is 0.153 e. The van der Waals surface area contributed by atoms with Crippen LogP contribution in [0.4, 0.5) is 5.82 Å². The van der Waals surface area contributed by atoms with Gasteiger partial charge in [0.15, 0.2) is 5.82 Å². The van der Waals surface area contributed by atoms with Gasteiger partial charge in [0, 0.05) is 36.9 Å². The van der Waals surface area contributed by atoms with Crippen molar-refractivity contribution in [1.82, 2.24) is 9.55 Å². The van der Waals surface area contributed by atoms with Crippen molar-refractivity contribution >= 4 is 16.7 Å². The van der Waals surface area contributed by atoms with Gasteiger partial charge in [-0.25, -0.2) is 4.98 Å². The topological polar surface area (TPSA) is 21.1 Å². The van der Waals surface area contributed by atoms with E-state index in [4.69, 9.17) is 4.98 Å². The van der Waals surface area contributed by atoms with Gasteiger partial charge in [-0.15, -0.1) is 0 Å². The van der Waals surface area contributed by atoms with Crippen LogP contribution < -0.4 is 4.90 Å². The van der Waals surface area contributed by atoms with Gasteiger partial charge >= 0.3 is 0 Å². The number of aryl methyl sites for hydroxylation is 2. The third-order valence-corrected chi connectivity index (χ3v) is 6.04. The number of piperidine rings is 1. The molecule has 2 aromatic heterocycles. The van der Waals surface area contributed by atoms with Crippen LogP contribution in [0.15, 0.2) is 42.6 Å². The number of pyridine rings is 1. The van der Waals surface area contributed by atoms with Crippen molar-refractivity contribution in [3.63, 3.8) is 0 Å². The predicted octanol–water partition coefficient (Wildman–Crippen LogP) is 5.45. The highest BCUT2D eigenvalue weighted by Gasteiger charge is 2.24. The van der Waals surface area contributed by atoms with Crippen LogP contribution in [-0.4, -0.2) is 22.6 Å². The maximum atomic E-state index is 4.83. The number of anilines is 1. The highest BCUT2D eigenvalue weighted by atomic mass is 15.2. The molecule has 0 aliphatic carbocycles. The lowest BCUT2D eigenvalue weighted by Gasteiger charge is -2.33. The molecule has 0 saturated carbocycles. The molecule has 0 N–H and O–H groups in total. The Bertz CT molecular complexity index is 887. The molecule has 0 amide bonds. The Balaban J connectivity index is 1.65. The summed E-state index contributed by atoms with van der Waals surface area (Å²) in [6.07, 6.45) is 5.54. The van der Waals surface area contributed by atoms with E-state index in [2.05, 4.69) is 66.6 Å². The average molecular weight is 348 g/mol. The molecule has 1 saturated heterocycles. The van der Waals surface area contributed by atoms with Gasteiger partial charge in [0.2, 0.25) is 0 Å². The highest BCUT2D eigenvalue weighted by Crippen LogP contribution is 2.35. The van der Waals surface area contributed by atoms with Gasteiger partial charge in [-0.3, -0.25) is 0 Å². The monoisotopic (exact) mass is 347 g/mol. The molecule has 4 rings (SSSR count). The number of aromatic nitrogens is 2. The van der Waals surface area contributed by atoms with Gasteiger partial charge in [0.1, 0.15) is 0 Å². The molecule has 3 heterocycles. The van der Waals surface area contributed by atoms with Crippen LogP contribution in [0.3, 0.4) is 0 Å². The summed E-state index contributed by atoms with van der Waals surface area (Å²) in [5.74, 6) is 1.86. The van der Waals surface area contributed by atoms with Crippen LogP contribution in [0, 0.1) is 13.8 Å². The molecule has 1 aromatic carbocycles. The van der Waals surface area contributed by atoms with Crippen LogP contribution >= 0.6 is 0 Å². The largest absolute Gasteiger partial charge is 0.355 e.